The fourth-order valence-electron chi connectivity index (χ4n) is 3.50. The first kappa shape index (κ1) is 16.5. The van der Waals surface area contributed by atoms with Gasteiger partial charge in [0.1, 0.15) is 6.10 Å². The Balaban J connectivity index is 1.46. The summed E-state index contributed by atoms with van der Waals surface area (Å²) in [4.78, 5) is 18.4. The van der Waals surface area contributed by atoms with Crippen LogP contribution in [-0.4, -0.2) is 36.3 Å². The van der Waals surface area contributed by atoms with Gasteiger partial charge < -0.3 is 14.8 Å². The van der Waals surface area contributed by atoms with E-state index >= 15 is 0 Å². The fourth-order valence-corrected chi connectivity index (χ4v) is 4.62. The van der Waals surface area contributed by atoms with Crippen LogP contribution in [0.25, 0.3) is 0 Å². The summed E-state index contributed by atoms with van der Waals surface area (Å²) in [5.74, 6) is 0.575. The number of pyridine rings is 1. The zero-order valence-corrected chi connectivity index (χ0v) is 14.9. The number of aromatic nitrogens is 1. The molecule has 1 N–H and O–H groups in total. The van der Waals surface area contributed by atoms with Gasteiger partial charge in [0.15, 0.2) is 0 Å². The van der Waals surface area contributed by atoms with E-state index in [1.807, 2.05) is 23.6 Å². The summed E-state index contributed by atoms with van der Waals surface area (Å²) in [5, 5.41) is 5.14. The molecule has 132 valence electrons. The van der Waals surface area contributed by atoms with E-state index in [-0.39, 0.29) is 18.1 Å². The number of amides is 1. The summed E-state index contributed by atoms with van der Waals surface area (Å²) < 4.78 is 11.6. The first-order valence-corrected chi connectivity index (χ1v) is 9.75. The predicted molar refractivity (Wildman–Crippen MR) is 96.3 cm³/mol. The molecule has 5 nitrogen and oxygen atoms in total. The van der Waals surface area contributed by atoms with E-state index in [2.05, 4.69) is 10.3 Å². The van der Waals surface area contributed by atoms with Gasteiger partial charge in [-0.3, -0.25) is 4.79 Å². The normalized spacial score (nSPS) is 22.9. The van der Waals surface area contributed by atoms with Crippen LogP contribution in [0.3, 0.4) is 0 Å². The number of carbonyl (C=O) groups is 1. The molecule has 0 unspecified atom stereocenters. The zero-order valence-electron chi connectivity index (χ0n) is 14.1. The number of thiophene rings is 1. The Hall–Kier alpha value is -1.92. The lowest BCUT2D eigenvalue weighted by Gasteiger charge is -2.32. The maximum absolute atomic E-state index is 12.8. The molecule has 1 aliphatic carbocycles. The molecule has 6 heteroatoms. The van der Waals surface area contributed by atoms with Crippen LogP contribution in [0.5, 0.6) is 5.88 Å². The highest BCUT2D eigenvalue weighted by atomic mass is 32.1. The zero-order chi connectivity index (χ0) is 17.1. The molecule has 2 aromatic heterocycles. The number of hydrogen-bond acceptors (Lipinski definition) is 5. The summed E-state index contributed by atoms with van der Waals surface area (Å²) in [5.41, 5.74) is 2.08. The quantitative estimate of drug-likeness (QED) is 0.913. The third-order valence-corrected chi connectivity index (χ3v) is 5.91. The van der Waals surface area contributed by atoms with Crippen LogP contribution in [-0.2, 0) is 17.6 Å². The van der Waals surface area contributed by atoms with Gasteiger partial charge in [0, 0.05) is 28.9 Å². The molecular formula is C19H22N2O3S. The van der Waals surface area contributed by atoms with Crippen molar-refractivity contribution in [3.05, 3.63) is 45.8 Å². The second kappa shape index (κ2) is 7.54. The standard InChI is InChI=1S/C19H22N2O3S/c22-19(14-12-25-17-6-2-1-5-13(14)17)21-15-11-23-10-8-16(15)24-18-7-3-4-9-20-18/h3-4,7,9,12,15-16H,1-2,5-6,8,10-11H2,(H,21,22)/t15-,16-/m1/s1. The van der Waals surface area contributed by atoms with Crippen molar-refractivity contribution in [2.24, 2.45) is 0 Å². The van der Waals surface area contributed by atoms with E-state index in [9.17, 15) is 4.79 Å². The van der Waals surface area contributed by atoms with Crippen molar-refractivity contribution in [2.45, 2.75) is 44.2 Å². The van der Waals surface area contributed by atoms with Crippen LogP contribution in [0.1, 0.15) is 40.1 Å². The first-order valence-electron chi connectivity index (χ1n) is 8.87. The molecule has 2 atom stereocenters. The second-order valence-electron chi connectivity index (χ2n) is 6.53. The first-order chi connectivity index (χ1) is 12.3. The molecule has 0 bridgehead atoms. The van der Waals surface area contributed by atoms with Crippen molar-refractivity contribution in [3.8, 4) is 5.88 Å². The Bertz CT molecular complexity index is 732. The van der Waals surface area contributed by atoms with Crippen molar-refractivity contribution in [3.63, 3.8) is 0 Å². The fraction of sp³-hybridized carbons (Fsp3) is 0.474. The lowest BCUT2D eigenvalue weighted by Crippen LogP contribution is -2.52. The Morgan fingerprint density at radius 1 is 1.32 bits per heavy atom. The number of hydrogen-bond donors (Lipinski definition) is 1. The van der Waals surface area contributed by atoms with E-state index in [0.717, 1.165) is 24.8 Å². The predicted octanol–water partition coefficient (Wildman–Crippen LogP) is 2.99. The third-order valence-electron chi connectivity index (χ3n) is 4.83. The SMILES string of the molecule is O=C(N[C@@H]1COCC[C@H]1Oc1ccccn1)c1csc2c1CCCC2. The number of nitrogens with zero attached hydrogens (tertiary/aromatic N) is 1. The number of rotatable bonds is 4. The molecule has 3 heterocycles. The van der Waals surface area contributed by atoms with Gasteiger partial charge in [-0.15, -0.1) is 11.3 Å². The minimum absolute atomic E-state index is 0.00970. The largest absolute Gasteiger partial charge is 0.472 e. The maximum Gasteiger partial charge on any atom is 0.252 e. The van der Waals surface area contributed by atoms with Gasteiger partial charge in [-0.2, -0.15) is 0 Å². The molecule has 0 spiro atoms. The molecule has 0 saturated carbocycles. The van der Waals surface area contributed by atoms with E-state index < -0.39 is 0 Å². The lowest BCUT2D eigenvalue weighted by atomic mass is 9.95. The van der Waals surface area contributed by atoms with Crippen LogP contribution >= 0.6 is 11.3 Å². The topological polar surface area (TPSA) is 60.5 Å². The van der Waals surface area contributed by atoms with Crippen LogP contribution in [0.2, 0.25) is 0 Å². The summed E-state index contributed by atoms with van der Waals surface area (Å²) in [6.45, 7) is 1.10. The van der Waals surface area contributed by atoms with Crippen molar-refractivity contribution in [1.29, 1.82) is 0 Å². The van der Waals surface area contributed by atoms with Gasteiger partial charge in [-0.1, -0.05) is 6.07 Å². The van der Waals surface area contributed by atoms with Crippen LogP contribution in [0, 0.1) is 0 Å². The van der Waals surface area contributed by atoms with E-state index in [4.69, 9.17) is 9.47 Å². The van der Waals surface area contributed by atoms with Crippen molar-refractivity contribution in [2.75, 3.05) is 13.2 Å². The molecule has 2 aliphatic rings. The summed E-state index contributed by atoms with van der Waals surface area (Å²) in [6, 6.07) is 5.43. The van der Waals surface area contributed by atoms with Gasteiger partial charge in [0.25, 0.3) is 5.91 Å². The molecule has 0 aromatic carbocycles. The Kier molecular flexibility index (Phi) is 4.99. The second-order valence-corrected chi connectivity index (χ2v) is 7.49. The number of ether oxygens (including phenoxy) is 2. The Morgan fingerprint density at radius 3 is 3.12 bits per heavy atom. The highest BCUT2D eigenvalue weighted by Crippen LogP contribution is 2.30. The summed E-state index contributed by atoms with van der Waals surface area (Å²) in [7, 11) is 0. The molecule has 1 fully saturated rings. The van der Waals surface area contributed by atoms with Crippen LogP contribution in [0.4, 0.5) is 0 Å². The van der Waals surface area contributed by atoms with Crippen LogP contribution in [0.15, 0.2) is 29.8 Å². The summed E-state index contributed by atoms with van der Waals surface area (Å²) >= 11 is 1.71. The number of carbonyl (C=O) groups excluding carboxylic acids is 1. The van der Waals surface area contributed by atoms with Gasteiger partial charge in [0.2, 0.25) is 5.88 Å². The van der Waals surface area contributed by atoms with Crippen molar-refractivity contribution >= 4 is 17.2 Å². The molecule has 1 saturated heterocycles. The average molecular weight is 358 g/mol. The molecule has 1 amide bonds. The number of aryl methyl sites for hydroxylation is 1. The average Bonchev–Trinajstić information content (AvgIpc) is 3.08. The van der Waals surface area contributed by atoms with Gasteiger partial charge in [-0.05, 0) is 37.3 Å². The highest BCUT2D eigenvalue weighted by molar-refractivity contribution is 7.10. The van der Waals surface area contributed by atoms with Crippen LogP contribution < -0.4 is 10.1 Å². The smallest absolute Gasteiger partial charge is 0.252 e. The minimum Gasteiger partial charge on any atom is -0.472 e. The highest BCUT2D eigenvalue weighted by Gasteiger charge is 2.31. The Morgan fingerprint density at radius 2 is 2.24 bits per heavy atom. The monoisotopic (exact) mass is 358 g/mol. The number of fused-ring (bicyclic) bond motifs is 1. The lowest BCUT2D eigenvalue weighted by molar-refractivity contribution is -0.00449. The minimum atomic E-state index is -0.164. The van der Waals surface area contributed by atoms with E-state index in [1.165, 1.54) is 23.3 Å². The molecule has 0 radical (unpaired) electrons. The molecule has 4 rings (SSSR count). The molecule has 1 aliphatic heterocycles. The molecule has 2 aromatic rings. The van der Waals surface area contributed by atoms with Gasteiger partial charge in [0.05, 0.1) is 24.8 Å². The summed E-state index contributed by atoms with van der Waals surface area (Å²) in [6.07, 6.45) is 6.83. The van der Waals surface area contributed by atoms with E-state index in [0.29, 0.717) is 19.1 Å². The Labute approximate surface area is 151 Å². The van der Waals surface area contributed by atoms with E-state index in [1.54, 1.807) is 17.5 Å². The third kappa shape index (κ3) is 3.70. The maximum atomic E-state index is 12.8. The van der Waals surface area contributed by atoms with Crippen molar-refractivity contribution in [1.82, 2.24) is 10.3 Å². The van der Waals surface area contributed by atoms with Crippen molar-refractivity contribution < 1.29 is 14.3 Å². The van der Waals surface area contributed by atoms with Gasteiger partial charge in [-0.25, -0.2) is 4.98 Å². The number of nitrogens with one attached hydrogen (secondary N) is 1. The van der Waals surface area contributed by atoms with Gasteiger partial charge >= 0.3 is 0 Å². The molecule has 25 heavy (non-hydrogen) atoms. The molecular weight excluding hydrogens is 336 g/mol.